The average Bonchev–Trinajstić information content (AvgIpc) is 2.56. The van der Waals surface area contributed by atoms with Crippen molar-refractivity contribution >= 4 is 21.3 Å². The minimum Gasteiger partial charge on any atom is -0.204 e. The molecule has 2 aliphatic rings. The first-order valence-electron chi connectivity index (χ1n) is 7.75. The third kappa shape index (κ3) is 2.43. The monoisotopic (exact) mass is 323 g/mol. The molecule has 0 N–H and O–H groups in total. The SMILES string of the molecule is CC1CC2=C(CS(=O)(=O)N=C2c2ccccc2)c2ccccc21. The maximum atomic E-state index is 12.4. The Labute approximate surface area is 136 Å². The van der Waals surface area contributed by atoms with Gasteiger partial charge in [0.25, 0.3) is 10.0 Å². The van der Waals surface area contributed by atoms with Crippen LogP contribution in [0.4, 0.5) is 0 Å². The standard InChI is InChI=1S/C19H17NO2S/c1-13-11-17-18(16-10-6-5-9-15(13)16)12-23(21,22)20-19(17)14-7-3-2-4-8-14/h2-10,13H,11-12H2,1H3. The Hall–Kier alpha value is -2.20. The molecule has 1 unspecified atom stereocenters. The zero-order chi connectivity index (χ0) is 16.0. The Morgan fingerprint density at radius 1 is 0.957 bits per heavy atom. The number of hydrogen-bond acceptors (Lipinski definition) is 2. The Balaban J connectivity index is 1.98. The lowest BCUT2D eigenvalue weighted by Crippen LogP contribution is -2.25. The van der Waals surface area contributed by atoms with Crippen LogP contribution in [0.15, 0.2) is 64.6 Å². The van der Waals surface area contributed by atoms with Crippen molar-refractivity contribution in [2.75, 3.05) is 5.75 Å². The lowest BCUT2D eigenvalue weighted by Gasteiger charge is -2.30. The van der Waals surface area contributed by atoms with Crippen LogP contribution in [0, 0.1) is 0 Å². The summed E-state index contributed by atoms with van der Waals surface area (Å²) in [5.74, 6) is 0.363. The second-order valence-corrected chi connectivity index (χ2v) is 7.82. The number of nitrogens with zero attached hydrogens (tertiary/aromatic N) is 1. The molecular formula is C19H17NO2S. The molecular weight excluding hydrogens is 306 g/mol. The van der Waals surface area contributed by atoms with Crippen molar-refractivity contribution in [3.8, 4) is 0 Å². The molecule has 2 aromatic carbocycles. The van der Waals surface area contributed by atoms with Gasteiger partial charge in [-0.15, -0.1) is 0 Å². The van der Waals surface area contributed by atoms with E-state index in [-0.39, 0.29) is 5.75 Å². The van der Waals surface area contributed by atoms with Crippen molar-refractivity contribution in [3.63, 3.8) is 0 Å². The van der Waals surface area contributed by atoms with Crippen molar-refractivity contribution in [1.82, 2.24) is 0 Å². The van der Waals surface area contributed by atoms with Crippen molar-refractivity contribution < 1.29 is 8.42 Å². The fraction of sp³-hybridized carbons (Fsp3) is 0.211. The summed E-state index contributed by atoms with van der Waals surface area (Å²) >= 11 is 0. The Morgan fingerprint density at radius 3 is 2.43 bits per heavy atom. The highest BCUT2D eigenvalue weighted by atomic mass is 32.2. The minimum atomic E-state index is -3.48. The van der Waals surface area contributed by atoms with Crippen LogP contribution < -0.4 is 0 Å². The third-order valence-corrected chi connectivity index (χ3v) is 5.70. The smallest absolute Gasteiger partial charge is 0.204 e. The van der Waals surface area contributed by atoms with E-state index in [2.05, 4.69) is 17.4 Å². The first kappa shape index (κ1) is 14.4. The molecule has 2 aromatic rings. The van der Waals surface area contributed by atoms with E-state index in [1.807, 2.05) is 48.5 Å². The molecule has 3 nitrogen and oxygen atoms in total. The summed E-state index contributed by atoms with van der Waals surface area (Å²) in [7, 11) is -3.48. The molecule has 1 heterocycles. The number of hydrogen-bond donors (Lipinski definition) is 0. The van der Waals surface area contributed by atoms with Gasteiger partial charge in [0.2, 0.25) is 0 Å². The fourth-order valence-corrected chi connectivity index (χ4v) is 4.79. The zero-order valence-corrected chi connectivity index (χ0v) is 13.7. The molecule has 1 aliphatic heterocycles. The van der Waals surface area contributed by atoms with E-state index in [4.69, 9.17) is 0 Å². The van der Waals surface area contributed by atoms with Gasteiger partial charge in [0.15, 0.2) is 0 Å². The molecule has 0 bridgehead atoms. The van der Waals surface area contributed by atoms with Crippen molar-refractivity contribution in [3.05, 3.63) is 76.9 Å². The minimum absolute atomic E-state index is 0.00238. The highest BCUT2D eigenvalue weighted by Gasteiger charge is 2.33. The molecule has 0 saturated heterocycles. The van der Waals surface area contributed by atoms with Gasteiger partial charge in [-0.2, -0.15) is 4.40 Å². The molecule has 1 aliphatic carbocycles. The van der Waals surface area contributed by atoms with Crippen LogP contribution in [0.2, 0.25) is 0 Å². The van der Waals surface area contributed by atoms with Gasteiger partial charge in [0, 0.05) is 5.56 Å². The third-order valence-electron chi connectivity index (χ3n) is 4.58. The summed E-state index contributed by atoms with van der Waals surface area (Å²) in [6.07, 6.45) is 0.829. The average molecular weight is 323 g/mol. The molecule has 4 heteroatoms. The van der Waals surface area contributed by atoms with Gasteiger partial charge in [-0.1, -0.05) is 61.5 Å². The second kappa shape index (κ2) is 5.17. The topological polar surface area (TPSA) is 46.5 Å². The lowest BCUT2D eigenvalue weighted by molar-refractivity contribution is 0.600. The highest BCUT2D eigenvalue weighted by molar-refractivity contribution is 7.90. The van der Waals surface area contributed by atoms with Gasteiger partial charge in [0.05, 0.1) is 11.5 Å². The van der Waals surface area contributed by atoms with Crippen molar-refractivity contribution in [2.24, 2.45) is 4.40 Å². The summed E-state index contributed by atoms with van der Waals surface area (Å²) < 4.78 is 28.8. The number of rotatable bonds is 1. The molecule has 0 saturated carbocycles. The van der Waals surface area contributed by atoms with Gasteiger partial charge in [-0.05, 0) is 34.6 Å². The van der Waals surface area contributed by atoms with E-state index in [0.29, 0.717) is 11.6 Å². The Kier molecular flexibility index (Phi) is 3.23. The number of sulfonamides is 1. The first-order valence-corrected chi connectivity index (χ1v) is 9.36. The number of benzene rings is 2. The lowest BCUT2D eigenvalue weighted by atomic mass is 9.77. The van der Waals surface area contributed by atoms with Crippen LogP contribution in [0.3, 0.4) is 0 Å². The summed E-state index contributed by atoms with van der Waals surface area (Å²) in [5.41, 5.74) is 5.79. The van der Waals surface area contributed by atoms with E-state index in [0.717, 1.165) is 28.7 Å². The van der Waals surface area contributed by atoms with Crippen LogP contribution in [0.5, 0.6) is 0 Å². The summed E-state index contributed by atoms with van der Waals surface area (Å²) in [5, 5.41) is 0. The molecule has 0 aromatic heterocycles. The molecule has 0 radical (unpaired) electrons. The normalized spacial score (nSPS) is 22.1. The van der Waals surface area contributed by atoms with Gasteiger partial charge < -0.3 is 0 Å². The maximum absolute atomic E-state index is 12.4. The van der Waals surface area contributed by atoms with Crippen LogP contribution in [0.25, 0.3) is 5.57 Å². The van der Waals surface area contributed by atoms with Gasteiger partial charge in [0.1, 0.15) is 0 Å². The zero-order valence-electron chi connectivity index (χ0n) is 12.9. The molecule has 0 spiro atoms. The highest BCUT2D eigenvalue weighted by Crippen LogP contribution is 2.42. The predicted octanol–water partition coefficient (Wildman–Crippen LogP) is 3.78. The van der Waals surface area contributed by atoms with E-state index < -0.39 is 10.0 Å². The second-order valence-electron chi connectivity index (χ2n) is 6.18. The van der Waals surface area contributed by atoms with Gasteiger partial charge in [-0.3, -0.25) is 0 Å². The fourth-order valence-electron chi connectivity index (χ4n) is 3.54. The van der Waals surface area contributed by atoms with Gasteiger partial charge in [-0.25, -0.2) is 8.42 Å². The molecule has 1 atom stereocenters. The Morgan fingerprint density at radius 2 is 1.65 bits per heavy atom. The van der Waals surface area contributed by atoms with Crippen LogP contribution >= 0.6 is 0 Å². The molecule has 4 rings (SSSR count). The largest absolute Gasteiger partial charge is 0.257 e. The summed E-state index contributed by atoms with van der Waals surface area (Å²) in [6.45, 7) is 2.19. The van der Waals surface area contributed by atoms with Gasteiger partial charge >= 0.3 is 0 Å². The van der Waals surface area contributed by atoms with E-state index in [9.17, 15) is 8.42 Å². The molecule has 116 valence electrons. The quantitative estimate of drug-likeness (QED) is 0.802. The maximum Gasteiger partial charge on any atom is 0.257 e. The predicted molar refractivity (Wildman–Crippen MR) is 93.2 cm³/mol. The van der Waals surface area contributed by atoms with E-state index >= 15 is 0 Å². The molecule has 0 amide bonds. The Bertz CT molecular complexity index is 940. The van der Waals surface area contributed by atoms with E-state index in [1.54, 1.807) is 0 Å². The van der Waals surface area contributed by atoms with Crippen LogP contribution in [0.1, 0.15) is 36.0 Å². The summed E-state index contributed by atoms with van der Waals surface area (Å²) in [6, 6.07) is 17.7. The number of allylic oxidation sites excluding steroid dienone is 1. The summed E-state index contributed by atoms with van der Waals surface area (Å²) in [4.78, 5) is 0. The first-order chi connectivity index (χ1) is 11.1. The van der Waals surface area contributed by atoms with Crippen LogP contribution in [-0.2, 0) is 10.0 Å². The molecule has 0 fully saturated rings. The van der Waals surface area contributed by atoms with Crippen LogP contribution in [-0.4, -0.2) is 19.9 Å². The molecule has 23 heavy (non-hydrogen) atoms. The van der Waals surface area contributed by atoms with Crippen molar-refractivity contribution in [2.45, 2.75) is 19.3 Å². The number of fused-ring (bicyclic) bond motifs is 2. The van der Waals surface area contributed by atoms with Crippen molar-refractivity contribution in [1.29, 1.82) is 0 Å². The van der Waals surface area contributed by atoms with E-state index in [1.165, 1.54) is 5.56 Å².